The molecule has 12 aromatic rings. The van der Waals surface area contributed by atoms with E-state index in [-0.39, 0.29) is 0 Å². The number of amidine groups is 2. The van der Waals surface area contributed by atoms with E-state index < -0.39 is 0 Å². The largest absolute Gasteiger partial charge is 0.456 e. The number of hydrogen-bond donors (Lipinski definition) is 1. The lowest BCUT2D eigenvalue weighted by Gasteiger charge is -2.24. The van der Waals surface area contributed by atoms with E-state index in [1.54, 1.807) is 0 Å². The first-order chi connectivity index (χ1) is 36.1. The van der Waals surface area contributed by atoms with Gasteiger partial charge in [-0.25, -0.2) is 9.98 Å². The van der Waals surface area contributed by atoms with E-state index in [1.165, 1.54) is 60.6 Å². The van der Waals surface area contributed by atoms with Crippen LogP contribution < -0.4 is 5.73 Å². The predicted molar refractivity (Wildman–Crippen MR) is 305 cm³/mol. The molecule has 0 radical (unpaired) electrons. The van der Waals surface area contributed by atoms with Gasteiger partial charge in [0.2, 0.25) is 0 Å². The Kier molecular flexibility index (Phi) is 10.3. The molecule has 0 saturated carbocycles. The molecule has 3 aromatic heterocycles. The Labute approximate surface area is 426 Å². The van der Waals surface area contributed by atoms with E-state index in [9.17, 15) is 0 Å². The van der Waals surface area contributed by atoms with Gasteiger partial charge in [0, 0.05) is 71.2 Å². The van der Waals surface area contributed by atoms with Gasteiger partial charge in [0.05, 0.1) is 11.2 Å². The summed E-state index contributed by atoms with van der Waals surface area (Å²) in [5, 5.41) is 5.18. The van der Waals surface area contributed by atoms with Crippen LogP contribution in [-0.2, 0) is 12.2 Å². The van der Waals surface area contributed by atoms with Gasteiger partial charge in [-0.15, -0.1) is 11.8 Å². The minimum Gasteiger partial charge on any atom is -0.456 e. The van der Waals surface area contributed by atoms with Crippen molar-refractivity contribution in [3.63, 3.8) is 0 Å². The number of para-hydroxylation sites is 2. The van der Waals surface area contributed by atoms with Gasteiger partial charge in [0.25, 0.3) is 0 Å². The minimum absolute atomic E-state index is 0.360. The fourth-order valence-corrected chi connectivity index (χ4v) is 12.3. The molecule has 1 aliphatic carbocycles. The van der Waals surface area contributed by atoms with E-state index in [4.69, 9.17) is 24.6 Å². The van der Waals surface area contributed by atoms with Gasteiger partial charge in [-0.2, -0.15) is 0 Å². The second-order valence-electron chi connectivity index (χ2n) is 18.8. The second kappa shape index (κ2) is 17.4. The van der Waals surface area contributed by atoms with E-state index in [2.05, 4.69) is 138 Å². The number of furan rings is 2. The number of fused-ring (bicyclic) bond motifs is 12. The summed E-state index contributed by atoms with van der Waals surface area (Å²) in [4.78, 5) is 11.9. The van der Waals surface area contributed by atoms with Crippen molar-refractivity contribution in [2.75, 3.05) is 0 Å². The third-order valence-corrected chi connectivity index (χ3v) is 15.7. The summed E-state index contributed by atoms with van der Waals surface area (Å²) >= 11 is 1.92. The number of rotatable bonds is 7. The van der Waals surface area contributed by atoms with Gasteiger partial charge >= 0.3 is 0 Å². The molecule has 73 heavy (non-hydrogen) atoms. The van der Waals surface area contributed by atoms with Gasteiger partial charge in [-0.05, 0) is 132 Å². The van der Waals surface area contributed by atoms with Crippen LogP contribution >= 0.6 is 11.8 Å². The lowest BCUT2D eigenvalue weighted by atomic mass is 9.87. The zero-order valence-electron chi connectivity index (χ0n) is 40.0. The maximum Gasteiger partial charge on any atom is 0.162 e. The second-order valence-corrected chi connectivity index (χ2v) is 19.8. The normalized spacial score (nSPS) is 13.8. The quantitative estimate of drug-likeness (QED) is 0.127. The van der Waals surface area contributed by atoms with Crippen molar-refractivity contribution in [1.82, 2.24) is 4.57 Å². The van der Waals surface area contributed by atoms with Crippen LogP contribution in [0.1, 0.15) is 46.9 Å². The topological polar surface area (TPSA) is 82.0 Å². The number of aliphatic imine (C=N–C) groups is 2. The fraction of sp³-hybridized carbons (Fsp3) is 0.0606. The molecule has 2 aliphatic rings. The van der Waals surface area contributed by atoms with Crippen LogP contribution in [-0.4, -0.2) is 16.2 Å². The summed E-state index contributed by atoms with van der Waals surface area (Å²) in [7, 11) is 0. The van der Waals surface area contributed by atoms with Gasteiger partial charge < -0.3 is 19.1 Å². The summed E-state index contributed by atoms with van der Waals surface area (Å²) in [5.74, 6) is 1.71. The van der Waals surface area contributed by atoms with Gasteiger partial charge in [-0.1, -0.05) is 140 Å². The van der Waals surface area contributed by atoms with Crippen molar-refractivity contribution in [1.29, 1.82) is 0 Å². The Bertz CT molecular complexity index is 4340. The average molecular weight is 959 g/mol. The molecular formula is C66H46N4O2S. The summed E-state index contributed by atoms with van der Waals surface area (Å²) in [5.41, 5.74) is 27.0. The summed E-state index contributed by atoms with van der Waals surface area (Å²) < 4.78 is 15.5. The molecule has 348 valence electrons. The number of nitrogens with two attached hydrogens (primary N) is 1. The number of thioether (sulfide) groups is 1. The molecule has 9 aromatic carbocycles. The van der Waals surface area contributed by atoms with Crippen molar-refractivity contribution in [3.8, 4) is 39.1 Å². The standard InChI is InChI=1S/C66H46N4O2S/c1-2-55(47-24-15-28-60-63(47)48-23-10-13-27-58(48)71-60)68-66(69-65(67)40-17-5-3-6-18-40)49-25-16-29-61-64(49)53-35-41(32-34-59(53)72-61)43-37-50(54-39-73-62-30-14-11-22-46(62)51(54)38-43)42-31-33-57-52(36-42)45-21-9-12-26-56(45)70(57)44-19-7-4-8-20-44/h2-11,13-25,27-38H,12,26,39H2,1H3,(H2,67,68,69)/b55-2-. The zero-order chi connectivity index (χ0) is 48.6. The first-order valence-corrected chi connectivity index (χ1v) is 25.8. The Balaban J connectivity index is 0.963. The summed E-state index contributed by atoms with van der Waals surface area (Å²) in [6, 6.07) is 68.3. The molecule has 0 fully saturated rings. The molecular weight excluding hydrogens is 913 g/mol. The molecule has 0 atom stereocenters. The molecule has 14 rings (SSSR count). The van der Waals surface area contributed by atoms with Crippen LogP contribution in [0.2, 0.25) is 0 Å². The lowest BCUT2D eigenvalue weighted by molar-refractivity contribution is 0.668. The predicted octanol–water partition coefficient (Wildman–Crippen LogP) is 17.2. The highest BCUT2D eigenvalue weighted by molar-refractivity contribution is 7.98. The maximum atomic E-state index is 6.92. The van der Waals surface area contributed by atoms with Crippen molar-refractivity contribution in [3.05, 3.63) is 240 Å². The molecule has 0 spiro atoms. The minimum atomic E-state index is 0.360. The number of aromatic nitrogens is 1. The third-order valence-electron chi connectivity index (χ3n) is 14.6. The van der Waals surface area contributed by atoms with E-state index in [1.807, 2.05) is 97.6 Å². The van der Waals surface area contributed by atoms with Crippen LogP contribution in [0.15, 0.2) is 230 Å². The van der Waals surface area contributed by atoms with Crippen LogP contribution in [0, 0.1) is 0 Å². The molecule has 1 aliphatic heterocycles. The van der Waals surface area contributed by atoms with E-state index >= 15 is 0 Å². The van der Waals surface area contributed by atoms with E-state index in [0.717, 1.165) is 96.0 Å². The van der Waals surface area contributed by atoms with Crippen molar-refractivity contribution in [2.45, 2.75) is 30.4 Å². The Morgan fingerprint density at radius 2 is 1.26 bits per heavy atom. The number of nitrogens with zero attached hydrogens (tertiary/aromatic N) is 3. The van der Waals surface area contributed by atoms with Gasteiger partial charge in [0.1, 0.15) is 28.2 Å². The summed E-state index contributed by atoms with van der Waals surface area (Å²) in [6.07, 6.45) is 8.73. The molecule has 0 saturated heterocycles. The Morgan fingerprint density at radius 1 is 0.575 bits per heavy atom. The van der Waals surface area contributed by atoms with Crippen molar-refractivity contribution in [2.24, 2.45) is 15.7 Å². The van der Waals surface area contributed by atoms with Crippen LogP contribution in [0.4, 0.5) is 0 Å². The zero-order valence-corrected chi connectivity index (χ0v) is 40.8. The molecule has 0 amide bonds. The Morgan fingerprint density at radius 3 is 2.10 bits per heavy atom. The average Bonchev–Trinajstić information content (AvgIpc) is 4.13. The van der Waals surface area contributed by atoms with E-state index in [0.29, 0.717) is 11.7 Å². The first kappa shape index (κ1) is 42.9. The van der Waals surface area contributed by atoms with Crippen LogP contribution in [0.25, 0.3) is 106 Å². The first-order valence-electron chi connectivity index (χ1n) is 24.9. The highest BCUT2D eigenvalue weighted by Gasteiger charge is 2.25. The number of hydrogen-bond acceptors (Lipinski definition) is 4. The fourth-order valence-electron chi connectivity index (χ4n) is 11.2. The third kappa shape index (κ3) is 7.18. The molecule has 7 heteroatoms. The SMILES string of the molecule is C\C=C(/N=C(\N=C(/N)c1ccccc1)c1cccc2oc3ccc(-c4cc(-c5ccc6c(c5)c5c(n6-c6ccccc6)CCC=C5)c5c(c4)-c4ccccc4SC5)cc3c12)c1cccc2oc3ccccc3c12. The van der Waals surface area contributed by atoms with Crippen molar-refractivity contribution >= 4 is 90.0 Å². The molecule has 6 nitrogen and oxygen atoms in total. The Hall–Kier alpha value is -8.91. The smallest absolute Gasteiger partial charge is 0.162 e. The molecule has 0 bridgehead atoms. The van der Waals surface area contributed by atoms with Crippen molar-refractivity contribution < 1.29 is 8.83 Å². The highest BCUT2D eigenvalue weighted by atomic mass is 32.2. The van der Waals surface area contributed by atoms with Gasteiger partial charge in [-0.3, -0.25) is 0 Å². The van der Waals surface area contributed by atoms with Crippen LogP contribution in [0.5, 0.6) is 0 Å². The maximum absolute atomic E-state index is 6.92. The molecule has 4 heterocycles. The number of benzene rings is 9. The van der Waals surface area contributed by atoms with Crippen LogP contribution in [0.3, 0.4) is 0 Å². The summed E-state index contributed by atoms with van der Waals surface area (Å²) in [6.45, 7) is 2.01. The molecule has 0 unspecified atom stereocenters. The number of allylic oxidation sites excluding steroid dienone is 2. The lowest BCUT2D eigenvalue weighted by Crippen LogP contribution is -2.16. The highest BCUT2D eigenvalue weighted by Crippen LogP contribution is 2.48. The monoisotopic (exact) mass is 958 g/mol. The molecule has 2 N–H and O–H groups in total. The van der Waals surface area contributed by atoms with Gasteiger partial charge in [0.15, 0.2) is 5.84 Å².